The van der Waals surface area contributed by atoms with E-state index in [0.717, 1.165) is 6.54 Å². The van der Waals surface area contributed by atoms with Gasteiger partial charge < -0.3 is 0 Å². The Hall–Kier alpha value is -1.33. The Balaban J connectivity index is 2.12. The van der Waals surface area contributed by atoms with Gasteiger partial charge in [-0.3, -0.25) is 4.90 Å². The fourth-order valence-corrected chi connectivity index (χ4v) is 2.28. The molecule has 0 aromatic heterocycles. The van der Waals surface area contributed by atoms with Crippen molar-refractivity contribution in [3.05, 3.63) is 34.9 Å². The van der Waals surface area contributed by atoms with Crippen LogP contribution in [0.2, 0.25) is 0 Å². The third-order valence-electron chi connectivity index (χ3n) is 3.81. The van der Waals surface area contributed by atoms with E-state index in [1.54, 1.807) is 0 Å². The minimum atomic E-state index is -0.404. The molecule has 0 amide bonds. The molecule has 1 aliphatic carbocycles. The molecular formula is C15H20N2. The van der Waals surface area contributed by atoms with Gasteiger partial charge in [-0.2, -0.15) is 5.26 Å². The maximum atomic E-state index is 9.11. The summed E-state index contributed by atoms with van der Waals surface area (Å²) < 4.78 is 0. The van der Waals surface area contributed by atoms with Crippen LogP contribution in [0.15, 0.2) is 18.2 Å². The van der Waals surface area contributed by atoms with Gasteiger partial charge in [0, 0.05) is 6.54 Å². The Bertz CT molecular complexity index is 454. The van der Waals surface area contributed by atoms with E-state index >= 15 is 0 Å². The molecule has 0 heterocycles. The molecule has 0 unspecified atom stereocenters. The topological polar surface area (TPSA) is 27.0 Å². The molecule has 0 bridgehead atoms. The summed E-state index contributed by atoms with van der Waals surface area (Å²) in [5, 5.41) is 9.11. The van der Waals surface area contributed by atoms with Gasteiger partial charge in [0.1, 0.15) is 5.54 Å². The van der Waals surface area contributed by atoms with Crippen molar-refractivity contribution in [2.75, 3.05) is 7.05 Å². The zero-order chi connectivity index (χ0) is 12.5. The van der Waals surface area contributed by atoms with E-state index in [1.807, 2.05) is 20.9 Å². The maximum Gasteiger partial charge on any atom is 0.103 e. The molecule has 2 heteroatoms. The van der Waals surface area contributed by atoms with Crippen molar-refractivity contribution < 1.29 is 0 Å². The van der Waals surface area contributed by atoms with Crippen LogP contribution in [0.1, 0.15) is 37.0 Å². The second-order valence-corrected chi connectivity index (χ2v) is 5.48. The van der Waals surface area contributed by atoms with Crippen LogP contribution in [0.4, 0.5) is 0 Å². The molecule has 17 heavy (non-hydrogen) atoms. The molecule has 0 atom stereocenters. The molecule has 1 aliphatic rings. The molecule has 0 saturated heterocycles. The lowest BCUT2D eigenvalue weighted by Gasteiger charge is -2.29. The molecule has 0 radical (unpaired) electrons. The lowest BCUT2D eigenvalue weighted by atomic mass is 10.0. The number of nitriles is 1. The zero-order valence-electron chi connectivity index (χ0n) is 11.0. The summed E-state index contributed by atoms with van der Waals surface area (Å²) in [6.45, 7) is 4.76. The third kappa shape index (κ3) is 2.50. The predicted molar refractivity (Wildman–Crippen MR) is 69.6 cm³/mol. The summed E-state index contributed by atoms with van der Waals surface area (Å²) in [5.41, 5.74) is 3.93. The van der Waals surface area contributed by atoms with Gasteiger partial charge in [-0.05, 0) is 56.8 Å². The van der Waals surface area contributed by atoms with Crippen molar-refractivity contribution in [1.82, 2.24) is 4.90 Å². The number of nitrogens with zero attached hydrogens (tertiary/aromatic N) is 2. The Morgan fingerprint density at radius 1 is 1.29 bits per heavy atom. The Labute approximate surface area is 104 Å². The van der Waals surface area contributed by atoms with Gasteiger partial charge in [0.05, 0.1) is 6.07 Å². The van der Waals surface area contributed by atoms with Crippen LogP contribution in [0.3, 0.4) is 0 Å². The van der Waals surface area contributed by atoms with Crippen LogP contribution in [0.25, 0.3) is 0 Å². The fraction of sp³-hybridized carbons (Fsp3) is 0.533. The van der Waals surface area contributed by atoms with Crippen LogP contribution in [0.5, 0.6) is 0 Å². The largest absolute Gasteiger partial charge is 0.285 e. The van der Waals surface area contributed by atoms with Crippen molar-refractivity contribution in [3.8, 4) is 6.07 Å². The average Bonchev–Trinajstić information content (AvgIpc) is 2.76. The van der Waals surface area contributed by atoms with E-state index < -0.39 is 5.54 Å². The highest BCUT2D eigenvalue weighted by Crippen LogP contribution is 2.24. The highest BCUT2D eigenvalue weighted by atomic mass is 15.2. The van der Waals surface area contributed by atoms with Gasteiger partial charge >= 0.3 is 0 Å². The number of hydrogen-bond donors (Lipinski definition) is 0. The first-order valence-electron chi connectivity index (χ1n) is 6.26. The molecule has 2 rings (SSSR count). The first-order chi connectivity index (χ1) is 8.03. The van der Waals surface area contributed by atoms with Crippen LogP contribution in [-0.4, -0.2) is 17.5 Å². The summed E-state index contributed by atoms with van der Waals surface area (Å²) in [4.78, 5) is 2.10. The van der Waals surface area contributed by atoms with E-state index in [2.05, 4.69) is 29.2 Å². The van der Waals surface area contributed by atoms with Crippen LogP contribution in [0, 0.1) is 11.3 Å². The molecule has 0 saturated carbocycles. The van der Waals surface area contributed by atoms with Crippen molar-refractivity contribution in [1.29, 1.82) is 5.26 Å². The molecule has 0 aliphatic heterocycles. The fourth-order valence-electron chi connectivity index (χ4n) is 2.28. The lowest BCUT2D eigenvalue weighted by molar-refractivity contribution is 0.203. The molecule has 0 spiro atoms. The van der Waals surface area contributed by atoms with Crippen LogP contribution >= 0.6 is 0 Å². The first kappa shape index (κ1) is 12.1. The van der Waals surface area contributed by atoms with Gasteiger partial charge in [0.2, 0.25) is 0 Å². The number of aryl methyl sites for hydroxylation is 2. The smallest absolute Gasteiger partial charge is 0.103 e. The SMILES string of the molecule is CN(Cc1ccc2c(c1)CCC2)C(C)(C)C#N. The normalized spacial score (nSPS) is 14.8. The minimum Gasteiger partial charge on any atom is -0.285 e. The quantitative estimate of drug-likeness (QED) is 0.795. The highest BCUT2D eigenvalue weighted by molar-refractivity contribution is 5.35. The van der Waals surface area contributed by atoms with Crippen LogP contribution in [-0.2, 0) is 19.4 Å². The van der Waals surface area contributed by atoms with E-state index in [-0.39, 0.29) is 0 Å². The van der Waals surface area contributed by atoms with Gasteiger partial charge in [-0.25, -0.2) is 0 Å². The number of hydrogen-bond acceptors (Lipinski definition) is 2. The van der Waals surface area contributed by atoms with E-state index in [9.17, 15) is 0 Å². The van der Waals surface area contributed by atoms with Gasteiger partial charge in [-0.15, -0.1) is 0 Å². The monoisotopic (exact) mass is 228 g/mol. The summed E-state index contributed by atoms with van der Waals surface area (Å²) >= 11 is 0. The summed E-state index contributed by atoms with van der Waals surface area (Å²) in [6, 6.07) is 9.11. The zero-order valence-corrected chi connectivity index (χ0v) is 11.0. The second-order valence-electron chi connectivity index (χ2n) is 5.48. The lowest BCUT2D eigenvalue weighted by Crippen LogP contribution is -2.39. The number of benzene rings is 1. The maximum absolute atomic E-state index is 9.11. The minimum absolute atomic E-state index is 0.404. The van der Waals surface area contributed by atoms with E-state index in [4.69, 9.17) is 5.26 Å². The van der Waals surface area contributed by atoms with Gasteiger partial charge in [0.15, 0.2) is 0 Å². The van der Waals surface area contributed by atoms with E-state index in [1.165, 1.54) is 36.0 Å². The van der Waals surface area contributed by atoms with Gasteiger partial charge in [-0.1, -0.05) is 18.2 Å². The van der Waals surface area contributed by atoms with Crippen LogP contribution < -0.4 is 0 Å². The second kappa shape index (κ2) is 4.50. The average molecular weight is 228 g/mol. The molecule has 1 aromatic carbocycles. The molecule has 2 nitrogen and oxygen atoms in total. The van der Waals surface area contributed by atoms with Crippen molar-refractivity contribution in [2.45, 2.75) is 45.2 Å². The van der Waals surface area contributed by atoms with Crippen molar-refractivity contribution in [2.24, 2.45) is 0 Å². The predicted octanol–water partition coefficient (Wildman–Crippen LogP) is 2.91. The molecule has 1 aromatic rings. The Morgan fingerprint density at radius 3 is 2.71 bits per heavy atom. The molecule has 90 valence electrons. The summed E-state index contributed by atoms with van der Waals surface area (Å²) in [5.74, 6) is 0. The molecule has 0 fully saturated rings. The first-order valence-corrected chi connectivity index (χ1v) is 6.26. The van der Waals surface area contributed by atoms with Crippen molar-refractivity contribution >= 4 is 0 Å². The Kier molecular flexibility index (Phi) is 3.22. The Morgan fingerprint density at radius 2 is 2.00 bits per heavy atom. The number of rotatable bonds is 3. The van der Waals surface area contributed by atoms with Crippen molar-refractivity contribution in [3.63, 3.8) is 0 Å². The molecule has 0 N–H and O–H groups in total. The van der Waals surface area contributed by atoms with Gasteiger partial charge in [0.25, 0.3) is 0 Å². The molecular weight excluding hydrogens is 208 g/mol. The highest BCUT2D eigenvalue weighted by Gasteiger charge is 2.23. The third-order valence-corrected chi connectivity index (χ3v) is 3.81. The number of fused-ring (bicyclic) bond motifs is 1. The summed E-state index contributed by atoms with van der Waals surface area (Å²) in [6.07, 6.45) is 3.74. The summed E-state index contributed by atoms with van der Waals surface area (Å²) in [7, 11) is 2.01. The van der Waals surface area contributed by atoms with E-state index in [0.29, 0.717) is 0 Å². The standard InChI is InChI=1S/C15H20N2/c1-15(2,11-16)17(3)10-12-7-8-13-5-4-6-14(13)9-12/h7-9H,4-6,10H2,1-3H3.